The lowest BCUT2D eigenvalue weighted by Gasteiger charge is -2.25. The number of carbonyl (C=O) groups is 2. The van der Waals surface area contributed by atoms with E-state index in [1.807, 2.05) is 49.4 Å². The fourth-order valence-electron chi connectivity index (χ4n) is 3.86. The van der Waals surface area contributed by atoms with Gasteiger partial charge < -0.3 is 10.0 Å². The van der Waals surface area contributed by atoms with E-state index in [9.17, 15) is 19.1 Å². The molecule has 1 N–H and O–H groups in total. The number of Topliss-reactive ketones (excluding diaryl/α,β-unsaturated/α-hetero) is 1. The predicted octanol–water partition coefficient (Wildman–Crippen LogP) is 4.80. The fraction of sp³-hybridized carbons (Fsp3) is 0.154. The van der Waals surface area contributed by atoms with Crippen LogP contribution in [0.5, 0.6) is 0 Å². The van der Waals surface area contributed by atoms with Crippen LogP contribution in [0.25, 0.3) is 5.76 Å². The molecule has 0 unspecified atom stereocenters. The van der Waals surface area contributed by atoms with Gasteiger partial charge in [0.25, 0.3) is 11.7 Å². The van der Waals surface area contributed by atoms with Crippen molar-refractivity contribution < 1.29 is 19.1 Å². The molecule has 31 heavy (non-hydrogen) atoms. The lowest BCUT2D eigenvalue weighted by Crippen LogP contribution is -2.31. The average molecular weight is 415 g/mol. The minimum absolute atomic E-state index is 0.0218. The molecule has 156 valence electrons. The van der Waals surface area contributed by atoms with Crippen molar-refractivity contribution in [1.29, 1.82) is 0 Å². The Morgan fingerprint density at radius 2 is 1.58 bits per heavy atom. The number of likely N-dealkylation sites (tertiary alicyclic amines) is 1. The number of rotatable bonds is 5. The van der Waals surface area contributed by atoms with Crippen LogP contribution < -0.4 is 0 Å². The summed E-state index contributed by atoms with van der Waals surface area (Å²) in [6, 6.07) is 21.6. The number of aryl methyl sites for hydroxylation is 1. The monoisotopic (exact) mass is 415 g/mol. The maximum absolute atomic E-state index is 13.5. The van der Waals surface area contributed by atoms with E-state index in [2.05, 4.69) is 0 Å². The lowest BCUT2D eigenvalue weighted by atomic mass is 9.95. The summed E-state index contributed by atoms with van der Waals surface area (Å²) >= 11 is 0. The van der Waals surface area contributed by atoms with Gasteiger partial charge in [-0.1, -0.05) is 72.3 Å². The molecule has 0 aromatic heterocycles. The Morgan fingerprint density at radius 1 is 0.935 bits per heavy atom. The zero-order chi connectivity index (χ0) is 22.0. The van der Waals surface area contributed by atoms with Gasteiger partial charge in [0.1, 0.15) is 11.6 Å². The van der Waals surface area contributed by atoms with Gasteiger partial charge in [0.05, 0.1) is 11.6 Å². The molecule has 1 amide bonds. The van der Waals surface area contributed by atoms with Gasteiger partial charge in [0, 0.05) is 12.1 Å². The first kappa shape index (κ1) is 20.5. The predicted molar refractivity (Wildman–Crippen MR) is 117 cm³/mol. The van der Waals surface area contributed by atoms with Crippen LogP contribution in [0, 0.1) is 12.7 Å². The highest BCUT2D eigenvalue weighted by Crippen LogP contribution is 2.39. The van der Waals surface area contributed by atoms with E-state index in [4.69, 9.17) is 0 Å². The van der Waals surface area contributed by atoms with E-state index in [0.717, 1.165) is 11.1 Å². The van der Waals surface area contributed by atoms with E-state index in [1.165, 1.54) is 17.0 Å². The van der Waals surface area contributed by atoms with Gasteiger partial charge in [-0.15, -0.1) is 0 Å². The highest BCUT2D eigenvalue weighted by Gasteiger charge is 2.45. The first-order valence-corrected chi connectivity index (χ1v) is 10.1. The smallest absolute Gasteiger partial charge is 0.295 e. The molecular formula is C26H22FNO3. The molecule has 5 heteroatoms. The number of carbonyl (C=O) groups excluding carboxylic acids is 2. The maximum Gasteiger partial charge on any atom is 0.295 e. The summed E-state index contributed by atoms with van der Waals surface area (Å²) in [5.41, 5.74) is 3.09. The van der Waals surface area contributed by atoms with Crippen LogP contribution in [0.15, 0.2) is 84.4 Å². The Labute approximate surface area is 180 Å². The van der Waals surface area contributed by atoms with Crippen LogP contribution in [-0.2, 0) is 16.0 Å². The van der Waals surface area contributed by atoms with Crippen LogP contribution >= 0.6 is 0 Å². The first-order valence-electron chi connectivity index (χ1n) is 10.1. The molecule has 0 spiro atoms. The van der Waals surface area contributed by atoms with Crippen molar-refractivity contribution in [3.63, 3.8) is 0 Å². The molecule has 3 aromatic rings. The van der Waals surface area contributed by atoms with Gasteiger partial charge in [0.2, 0.25) is 0 Å². The largest absolute Gasteiger partial charge is 0.507 e. The molecule has 1 aliphatic rings. The summed E-state index contributed by atoms with van der Waals surface area (Å²) in [6.07, 6.45) is 0.552. The molecule has 4 nitrogen and oxygen atoms in total. The molecule has 0 bridgehead atoms. The highest BCUT2D eigenvalue weighted by atomic mass is 19.1. The number of ketones is 1. The molecule has 1 heterocycles. The Bertz CT molecular complexity index is 1140. The van der Waals surface area contributed by atoms with Crippen molar-refractivity contribution in [2.45, 2.75) is 19.4 Å². The normalized spacial score (nSPS) is 17.9. The summed E-state index contributed by atoms with van der Waals surface area (Å²) < 4.78 is 13.5. The van der Waals surface area contributed by atoms with E-state index in [1.54, 1.807) is 24.3 Å². The molecule has 1 saturated heterocycles. The number of hydrogen-bond donors (Lipinski definition) is 1. The number of benzene rings is 3. The number of halogens is 1. The minimum atomic E-state index is -0.786. The third-order valence-electron chi connectivity index (χ3n) is 5.53. The molecule has 0 aliphatic carbocycles. The molecule has 1 aliphatic heterocycles. The van der Waals surface area contributed by atoms with Crippen molar-refractivity contribution in [1.82, 2.24) is 4.90 Å². The summed E-state index contributed by atoms with van der Waals surface area (Å²) in [5.74, 6) is -2.04. The van der Waals surface area contributed by atoms with Gasteiger partial charge in [0.15, 0.2) is 0 Å². The number of aliphatic hydroxyl groups is 1. The van der Waals surface area contributed by atoms with Crippen LogP contribution in [0.3, 0.4) is 0 Å². The number of nitrogens with zero attached hydrogens (tertiary/aromatic N) is 1. The van der Waals surface area contributed by atoms with Crippen molar-refractivity contribution in [3.8, 4) is 0 Å². The van der Waals surface area contributed by atoms with Crippen molar-refractivity contribution >= 4 is 17.4 Å². The Kier molecular flexibility index (Phi) is 5.67. The zero-order valence-corrected chi connectivity index (χ0v) is 17.1. The van der Waals surface area contributed by atoms with Gasteiger partial charge in [-0.25, -0.2) is 4.39 Å². The number of aliphatic hydroxyl groups excluding tert-OH is 1. The zero-order valence-electron chi connectivity index (χ0n) is 17.1. The van der Waals surface area contributed by atoms with E-state index < -0.39 is 23.5 Å². The standard InChI is InChI=1S/C26H22FNO3/c1-17-7-9-20(10-8-17)24(29)22-23(19-11-13-21(27)14-12-19)28(26(31)25(22)30)16-15-18-5-3-2-4-6-18/h2-14,23,29H,15-16H2,1H3/b24-22+/t23-/m0/s1. The topological polar surface area (TPSA) is 57.6 Å². The van der Waals surface area contributed by atoms with Crippen LogP contribution in [0.4, 0.5) is 4.39 Å². The van der Waals surface area contributed by atoms with Crippen molar-refractivity contribution in [2.24, 2.45) is 0 Å². The van der Waals surface area contributed by atoms with Crippen molar-refractivity contribution in [3.05, 3.63) is 113 Å². The summed E-state index contributed by atoms with van der Waals surface area (Å²) in [7, 11) is 0. The van der Waals surface area contributed by atoms with Crippen LogP contribution in [0.1, 0.15) is 28.3 Å². The fourth-order valence-corrected chi connectivity index (χ4v) is 3.86. The Hall–Kier alpha value is -3.73. The number of amides is 1. The maximum atomic E-state index is 13.5. The van der Waals surface area contributed by atoms with Crippen LogP contribution in [0.2, 0.25) is 0 Å². The third kappa shape index (κ3) is 4.12. The molecule has 1 fully saturated rings. The van der Waals surface area contributed by atoms with E-state index >= 15 is 0 Å². The highest BCUT2D eigenvalue weighted by molar-refractivity contribution is 6.46. The van der Waals surface area contributed by atoms with Gasteiger partial charge in [-0.2, -0.15) is 0 Å². The second kappa shape index (κ2) is 8.56. The second-order valence-corrected chi connectivity index (χ2v) is 7.65. The molecular weight excluding hydrogens is 393 g/mol. The summed E-state index contributed by atoms with van der Waals surface area (Å²) in [5, 5.41) is 11.0. The lowest BCUT2D eigenvalue weighted by molar-refractivity contribution is -0.139. The average Bonchev–Trinajstić information content (AvgIpc) is 3.04. The Morgan fingerprint density at radius 3 is 2.23 bits per heavy atom. The van der Waals surface area contributed by atoms with Gasteiger partial charge in [-0.3, -0.25) is 9.59 Å². The SMILES string of the molecule is Cc1ccc(/C(O)=C2\C(=O)C(=O)N(CCc3ccccc3)[C@H]2c2ccc(F)cc2)cc1. The van der Waals surface area contributed by atoms with Gasteiger partial charge >= 0.3 is 0 Å². The number of hydrogen-bond acceptors (Lipinski definition) is 3. The minimum Gasteiger partial charge on any atom is -0.507 e. The van der Waals surface area contributed by atoms with Gasteiger partial charge in [-0.05, 0) is 36.6 Å². The van der Waals surface area contributed by atoms with Crippen molar-refractivity contribution in [2.75, 3.05) is 6.54 Å². The molecule has 0 radical (unpaired) electrons. The summed E-state index contributed by atoms with van der Waals surface area (Å²) in [4.78, 5) is 27.4. The van der Waals surface area contributed by atoms with E-state index in [-0.39, 0.29) is 11.3 Å². The van der Waals surface area contributed by atoms with Crippen LogP contribution in [-0.4, -0.2) is 28.2 Å². The molecule has 0 saturated carbocycles. The molecule has 4 rings (SSSR count). The Balaban J connectivity index is 1.78. The molecule has 3 aromatic carbocycles. The summed E-state index contributed by atoms with van der Waals surface area (Å²) in [6.45, 7) is 2.21. The van der Waals surface area contributed by atoms with E-state index in [0.29, 0.717) is 24.1 Å². The third-order valence-corrected chi connectivity index (χ3v) is 5.53. The second-order valence-electron chi connectivity index (χ2n) is 7.65. The molecule has 1 atom stereocenters. The first-order chi connectivity index (χ1) is 15.0. The quantitative estimate of drug-likeness (QED) is 0.370.